The molecule has 1 unspecified atom stereocenters. The molecule has 2 heterocycles. The Balaban J connectivity index is 1.55. The molecule has 5 rings (SSSR count). The minimum Gasteiger partial charge on any atom is -0.354 e. The zero-order chi connectivity index (χ0) is 24.0. The number of rotatable bonds is 4. The Hall–Kier alpha value is -2.57. The first-order chi connectivity index (χ1) is 16.3. The van der Waals surface area contributed by atoms with E-state index in [0.717, 1.165) is 16.7 Å². The summed E-state index contributed by atoms with van der Waals surface area (Å²) in [5.41, 5.74) is 2.16. The summed E-state index contributed by atoms with van der Waals surface area (Å²) >= 11 is 12.9. The lowest BCUT2D eigenvalue weighted by atomic mass is 9.60. The number of aryl methyl sites for hydroxylation is 1. The van der Waals surface area contributed by atoms with Gasteiger partial charge < -0.3 is 16.0 Å². The molecule has 3 fully saturated rings. The molecular weight excluding hydrogens is 473 g/mol. The van der Waals surface area contributed by atoms with E-state index in [-0.39, 0.29) is 35.5 Å². The van der Waals surface area contributed by atoms with E-state index in [1.807, 2.05) is 37.3 Å². The molecule has 3 N–H and O–H groups in total. The van der Waals surface area contributed by atoms with E-state index in [9.17, 15) is 14.4 Å². The second kappa shape index (κ2) is 8.90. The first kappa shape index (κ1) is 23.2. The van der Waals surface area contributed by atoms with Crippen molar-refractivity contribution in [2.75, 3.05) is 6.54 Å². The van der Waals surface area contributed by atoms with Gasteiger partial charge in [0.1, 0.15) is 11.6 Å². The van der Waals surface area contributed by atoms with Gasteiger partial charge in [0.2, 0.25) is 17.7 Å². The summed E-state index contributed by atoms with van der Waals surface area (Å²) in [6, 6.07) is 13.2. The van der Waals surface area contributed by atoms with Crippen LogP contribution in [0.3, 0.4) is 0 Å². The molecule has 2 aromatic rings. The molecule has 0 radical (unpaired) electrons. The van der Waals surface area contributed by atoms with E-state index in [2.05, 4.69) is 28.1 Å². The third-order valence-corrected chi connectivity index (χ3v) is 8.29. The van der Waals surface area contributed by atoms with E-state index < -0.39 is 11.6 Å². The molecule has 3 aliphatic rings. The maximum atomic E-state index is 13.3. The first-order valence-electron chi connectivity index (χ1n) is 11.7. The molecule has 1 saturated carbocycles. The third-order valence-electron chi connectivity index (χ3n) is 7.71. The summed E-state index contributed by atoms with van der Waals surface area (Å²) in [6.45, 7) is 2.46. The quantitative estimate of drug-likeness (QED) is 0.596. The van der Waals surface area contributed by atoms with Crippen molar-refractivity contribution in [3.63, 3.8) is 0 Å². The zero-order valence-electron chi connectivity index (χ0n) is 18.9. The van der Waals surface area contributed by atoms with Gasteiger partial charge in [-0.2, -0.15) is 0 Å². The third kappa shape index (κ3) is 3.97. The molecular formula is C26H27Cl2N3O3. The predicted molar refractivity (Wildman–Crippen MR) is 131 cm³/mol. The van der Waals surface area contributed by atoms with Crippen molar-refractivity contribution in [2.45, 2.75) is 56.0 Å². The first-order valence-corrected chi connectivity index (χ1v) is 12.5. The molecule has 0 aromatic heterocycles. The molecule has 2 aromatic carbocycles. The lowest BCUT2D eigenvalue weighted by Crippen LogP contribution is -2.63. The summed E-state index contributed by atoms with van der Waals surface area (Å²) in [6.07, 6.45) is 1.93. The number of hydrogen-bond acceptors (Lipinski definition) is 3. The largest absolute Gasteiger partial charge is 0.354 e. The average molecular weight is 500 g/mol. The Morgan fingerprint density at radius 2 is 1.85 bits per heavy atom. The highest BCUT2D eigenvalue weighted by Gasteiger charge is 2.59. The monoisotopic (exact) mass is 499 g/mol. The fourth-order valence-electron chi connectivity index (χ4n) is 6.04. The molecule has 178 valence electrons. The van der Waals surface area contributed by atoms with E-state index in [4.69, 9.17) is 23.2 Å². The topological polar surface area (TPSA) is 87.3 Å². The number of fused-ring (bicyclic) bond motifs is 1. The lowest BCUT2D eigenvalue weighted by molar-refractivity contribution is -0.135. The molecule has 8 heteroatoms. The molecule has 0 bridgehead atoms. The van der Waals surface area contributed by atoms with Gasteiger partial charge in [0.15, 0.2) is 0 Å². The minimum absolute atomic E-state index is 0.0661. The van der Waals surface area contributed by atoms with Crippen molar-refractivity contribution >= 4 is 40.9 Å². The predicted octanol–water partition coefficient (Wildman–Crippen LogP) is 3.84. The number of carbonyl (C=O) groups excluding carboxylic acids is 3. The highest BCUT2D eigenvalue weighted by molar-refractivity contribution is 6.31. The van der Waals surface area contributed by atoms with Crippen LogP contribution in [-0.2, 0) is 14.4 Å². The Morgan fingerprint density at radius 3 is 2.53 bits per heavy atom. The van der Waals surface area contributed by atoms with Crippen molar-refractivity contribution in [1.82, 2.24) is 16.0 Å². The highest BCUT2D eigenvalue weighted by Crippen LogP contribution is 2.54. The van der Waals surface area contributed by atoms with Gasteiger partial charge in [-0.15, -0.1) is 0 Å². The summed E-state index contributed by atoms with van der Waals surface area (Å²) in [5, 5.41) is 10.2. The van der Waals surface area contributed by atoms with Crippen LogP contribution >= 0.6 is 23.2 Å². The van der Waals surface area contributed by atoms with Gasteiger partial charge >= 0.3 is 0 Å². The number of halogens is 2. The second-order valence-corrected chi connectivity index (χ2v) is 10.5. The van der Waals surface area contributed by atoms with E-state index in [1.54, 1.807) is 0 Å². The van der Waals surface area contributed by atoms with Crippen molar-refractivity contribution in [3.8, 4) is 0 Å². The Morgan fingerprint density at radius 1 is 1.09 bits per heavy atom. The number of nitrogens with one attached hydrogen (secondary N) is 3. The van der Waals surface area contributed by atoms with Gasteiger partial charge in [-0.3, -0.25) is 14.4 Å². The molecule has 0 spiro atoms. The van der Waals surface area contributed by atoms with Crippen molar-refractivity contribution in [1.29, 1.82) is 0 Å². The molecule has 6 nitrogen and oxygen atoms in total. The van der Waals surface area contributed by atoms with E-state index >= 15 is 0 Å². The Labute approximate surface area is 208 Å². The number of benzene rings is 2. The fourth-order valence-corrected chi connectivity index (χ4v) is 6.54. The molecule has 1 aliphatic carbocycles. The van der Waals surface area contributed by atoms with Crippen molar-refractivity contribution in [2.24, 2.45) is 5.92 Å². The number of carbonyl (C=O) groups is 3. The van der Waals surface area contributed by atoms with E-state index in [1.165, 1.54) is 0 Å². The van der Waals surface area contributed by atoms with Gasteiger partial charge in [0, 0.05) is 28.9 Å². The number of amides is 3. The number of hydrogen-bond donors (Lipinski definition) is 3. The Bertz CT molecular complexity index is 1150. The van der Waals surface area contributed by atoms with Crippen LogP contribution in [0.15, 0.2) is 42.5 Å². The van der Waals surface area contributed by atoms with Crippen LogP contribution < -0.4 is 16.0 Å². The van der Waals surface area contributed by atoms with Gasteiger partial charge in [0.05, 0.1) is 0 Å². The van der Waals surface area contributed by atoms with Crippen LogP contribution in [0.4, 0.5) is 0 Å². The molecule has 34 heavy (non-hydrogen) atoms. The summed E-state index contributed by atoms with van der Waals surface area (Å²) in [5.74, 6) is -0.774. The fraction of sp³-hybridized carbons (Fsp3) is 0.423. The van der Waals surface area contributed by atoms with Crippen LogP contribution in [0.5, 0.6) is 0 Å². The smallest absolute Gasteiger partial charge is 0.246 e. The zero-order valence-corrected chi connectivity index (χ0v) is 20.4. The van der Waals surface area contributed by atoms with Crippen molar-refractivity contribution < 1.29 is 14.4 Å². The molecule has 2 saturated heterocycles. The van der Waals surface area contributed by atoms with Gasteiger partial charge in [-0.05, 0) is 72.9 Å². The van der Waals surface area contributed by atoms with Gasteiger partial charge in [0.25, 0.3) is 0 Å². The van der Waals surface area contributed by atoms with Gasteiger partial charge in [-0.1, -0.05) is 47.5 Å². The van der Waals surface area contributed by atoms with E-state index in [0.29, 0.717) is 42.3 Å². The molecule has 2 aliphatic heterocycles. The maximum Gasteiger partial charge on any atom is 0.246 e. The molecule has 3 amide bonds. The van der Waals surface area contributed by atoms with Crippen molar-refractivity contribution in [3.05, 3.63) is 69.2 Å². The maximum absolute atomic E-state index is 13.3. The summed E-state index contributed by atoms with van der Waals surface area (Å²) in [4.78, 5) is 38.1. The average Bonchev–Trinajstić information content (AvgIpc) is 3.38. The summed E-state index contributed by atoms with van der Waals surface area (Å²) < 4.78 is 0. The highest BCUT2D eigenvalue weighted by atomic mass is 35.5. The van der Waals surface area contributed by atoms with Crippen LogP contribution in [0, 0.1) is 12.8 Å². The second-order valence-electron chi connectivity index (χ2n) is 9.68. The van der Waals surface area contributed by atoms with Crippen LogP contribution in [0.2, 0.25) is 10.0 Å². The normalized spacial score (nSPS) is 30.4. The molecule has 5 atom stereocenters. The van der Waals surface area contributed by atoms with Crippen LogP contribution in [-0.4, -0.2) is 35.8 Å². The minimum atomic E-state index is -1.04. The SMILES string of the molecule is Cc1ccc([C@@H]2CC[C@@]3(NC(=O)C4CCC(=O)N4)C(=O)NC[C@H]3[C@H]2c2ccc(Cl)cc2)c(Cl)c1. The van der Waals surface area contributed by atoms with Crippen LogP contribution in [0.1, 0.15) is 54.2 Å². The standard InChI is InChI=1S/C26H27Cl2N3O3/c1-14-2-7-17(20(28)12-14)18-10-11-26(31-24(33)21-8-9-22(32)30-21)19(13-29-25(26)34)23(18)15-3-5-16(27)6-4-15/h2-7,12,18-19,21,23H,8-11,13H2,1H3,(H,29,34)(H,30,32)(H,31,33)/t18-,19-,21?,23-,26-/m0/s1. The van der Waals surface area contributed by atoms with Gasteiger partial charge in [-0.25, -0.2) is 0 Å². The Kier molecular flexibility index (Phi) is 6.07. The summed E-state index contributed by atoms with van der Waals surface area (Å²) in [7, 11) is 0. The van der Waals surface area contributed by atoms with Crippen LogP contribution in [0.25, 0.3) is 0 Å². The lowest BCUT2D eigenvalue weighted by Gasteiger charge is -2.47.